The molecule has 3 rings (SSSR count). The number of amides is 2. The Morgan fingerprint density at radius 1 is 1.36 bits per heavy atom. The fraction of sp³-hybridized carbons (Fsp3) is 0.529. The van der Waals surface area contributed by atoms with Crippen LogP contribution in [0.4, 0.5) is 0 Å². The molecule has 1 aromatic rings. The van der Waals surface area contributed by atoms with Gasteiger partial charge in [0.05, 0.1) is 13.2 Å². The molecule has 0 radical (unpaired) electrons. The summed E-state index contributed by atoms with van der Waals surface area (Å²) >= 11 is 0. The van der Waals surface area contributed by atoms with Crippen molar-refractivity contribution in [3.8, 4) is 5.75 Å². The van der Waals surface area contributed by atoms with Crippen LogP contribution < -0.4 is 15.8 Å². The van der Waals surface area contributed by atoms with Gasteiger partial charge in [-0.25, -0.2) is 0 Å². The molecular formula is C17H24ClN3O4. The van der Waals surface area contributed by atoms with Crippen LogP contribution in [-0.2, 0) is 14.3 Å². The third-order valence-corrected chi connectivity index (χ3v) is 4.36. The quantitative estimate of drug-likeness (QED) is 0.766. The lowest BCUT2D eigenvalue weighted by molar-refractivity contribution is -0.165. The molecule has 1 aliphatic carbocycles. The van der Waals surface area contributed by atoms with Gasteiger partial charge in [0.15, 0.2) is 6.10 Å². The molecule has 1 saturated carbocycles. The van der Waals surface area contributed by atoms with Crippen LogP contribution in [0, 0.1) is 0 Å². The number of nitrogens with two attached hydrogens (primary N) is 1. The number of nitrogens with one attached hydrogen (secondary N) is 1. The number of ether oxygens (including phenoxy) is 2. The van der Waals surface area contributed by atoms with E-state index in [4.69, 9.17) is 15.2 Å². The molecule has 3 N–H and O–H groups in total. The highest BCUT2D eigenvalue weighted by atomic mass is 35.5. The van der Waals surface area contributed by atoms with E-state index in [2.05, 4.69) is 5.32 Å². The number of nitrogens with zero attached hydrogens (tertiary/aromatic N) is 1. The second kappa shape index (κ2) is 8.51. The van der Waals surface area contributed by atoms with E-state index >= 15 is 0 Å². The second-order valence-corrected chi connectivity index (χ2v) is 6.06. The Kier molecular flexibility index (Phi) is 6.64. The van der Waals surface area contributed by atoms with Crippen molar-refractivity contribution in [2.24, 2.45) is 5.73 Å². The average molecular weight is 370 g/mol. The summed E-state index contributed by atoms with van der Waals surface area (Å²) in [4.78, 5) is 26.7. The number of carbonyl (C=O) groups is 2. The number of morpholine rings is 1. The molecule has 2 amide bonds. The van der Waals surface area contributed by atoms with Crippen molar-refractivity contribution in [1.29, 1.82) is 0 Å². The van der Waals surface area contributed by atoms with Gasteiger partial charge in [-0.1, -0.05) is 12.1 Å². The number of benzene rings is 1. The third-order valence-electron chi connectivity index (χ3n) is 4.36. The number of rotatable bonds is 6. The summed E-state index contributed by atoms with van der Waals surface area (Å²) in [6.07, 6.45) is 1.20. The minimum absolute atomic E-state index is 0. The Morgan fingerprint density at radius 3 is 2.60 bits per heavy atom. The SMILES string of the molecule is COc1ccc([C@@H]2[C@@H](C(=O)NCCN)OCC(=O)N2C2CC2)cc1.Cl. The van der Waals surface area contributed by atoms with E-state index in [9.17, 15) is 9.59 Å². The van der Waals surface area contributed by atoms with E-state index in [1.54, 1.807) is 7.11 Å². The van der Waals surface area contributed by atoms with Gasteiger partial charge in [0.2, 0.25) is 5.91 Å². The molecule has 1 saturated heterocycles. The molecule has 2 fully saturated rings. The predicted octanol–water partition coefficient (Wildman–Crippen LogP) is 0.623. The fourth-order valence-corrected chi connectivity index (χ4v) is 3.06. The average Bonchev–Trinajstić information content (AvgIpc) is 3.44. The first kappa shape index (κ1) is 19.5. The third kappa shape index (κ3) is 4.23. The normalized spacial score (nSPS) is 23.0. The number of carbonyl (C=O) groups excluding carboxylic acids is 2. The maximum Gasteiger partial charge on any atom is 0.251 e. The van der Waals surface area contributed by atoms with Crippen LogP contribution in [0.15, 0.2) is 24.3 Å². The van der Waals surface area contributed by atoms with Gasteiger partial charge in [-0.05, 0) is 30.5 Å². The minimum Gasteiger partial charge on any atom is -0.497 e. The standard InChI is InChI=1S/C17H23N3O4.ClH/c1-23-13-6-2-11(3-7-13)15-16(17(22)19-9-8-18)24-10-14(21)20(15)12-4-5-12;/h2-3,6-7,12,15-16H,4-5,8-10,18H2,1H3,(H,19,22);1H/t15-,16+;/m1./s1. The molecule has 0 bridgehead atoms. The topological polar surface area (TPSA) is 93.9 Å². The molecule has 1 heterocycles. The minimum atomic E-state index is -0.733. The van der Waals surface area contributed by atoms with Gasteiger partial charge in [-0.2, -0.15) is 0 Å². The van der Waals surface area contributed by atoms with Gasteiger partial charge in [0, 0.05) is 19.1 Å². The Labute approximate surface area is 153 Å². The molecule has 138 valence electrons. The summed E-state index contributed by atoms with van der Waals surface area (Å²) < 4.78 is 10.8. The van der Waals surface area contributed by atoms with Crippen LogP contribution in [-0.4, -0.2) is 55.7 Å². The van der Waals surface area contributed by atoms with Crippen molar-refractivity contribution in [3.63, 3.8) is 0 Å². The van der Waals surface area contributed by atoms with Crippen molar-refractivity contribution in [2.75, 3.05) is 26.8 Å². The van der Waals surface area contributed by atoms with Crippen LogP contribution in [0.2, 0.25) is 0 Å². The summed E-state index contributed by atoms with van der Waals surface area (Å²) in [7, 11) is 1.60. The van der Waals surface area contributed by atoms with Gasteiger partial charge in [-0.15, -0.1) is 12.4 Å². The van der Waals surface area contributed by atoms with Crippen molar-refractivity contribution in [3.05, 3.63) is 29.8 Å². The summed E-state index contributed by atoms with van der Waals surface area (Å²) in [5.74, 6) is 0.421. The monoisotopic (exact) mass is 369 g/mol. The molecule has 1 aliphatic heterocycles. The van der Waals surface area contributed by atoms with Crippen LogP contribution in [0.5, 0.6) is 5.75 Å². The second-order valence-electron chi connectivity index (χ2n) is 6.06. The van der Waals surface area contributed by atoms with E-state index in [0.29, 0.717) is 13.1 Å². The van der Waals surface area contributed by atoms with Gasteiger partial charge in [0.1, 0.15) is 12.4 Å². The number of halogens is 1. The molecule has 7 nitrogen and oxygen atoms in total. The van der Waals surface area contributed by atoms with E-state index in [1.165, 1.54) is 0 Å². The van der Waals surface area contributed by atoms with E-state index in [1.807, 2.05) is 29.2 Å². The predicted molar refractivity (Wildman–Crippen MR) is 94.7 cm³/mol. The zero-order valence-corrected chi connectivity index (χ0v) is 15.0. The van der Waals surface area contributed by atoms with Crippen molar-refractivity contribution >= 4 is 24.2 Å². The van der Waals surface area contributed by atoms with E-state index < -0.39 is 12.1 Å². The van der Waals surface area contributed by atoms with Crippen LogP contribution in [0.1, 0.15) is 24.4 Å². The number of hydrogen-bond acceptors (Lipinski definition) is 5. The first-order valence-corrected chi connectivity index (χ1v) is 8.20. The van der Waals surface area contributed by atoms with E-state index in [-0.39, 0.29) is 36.9 Å². The summed E-state index contributed by atoms with van der Waals surface area (Å²) in [5, 5.41) is 2.77. The number of methoxy groups -OCH3 is 1. The summed E-state index contributed by atoms with van der Waals surface area (Å²) in [6, 6.07) is 7.18. The Bertz CT molecular complexity index is 606. The molecule has 2 atom stereocenters. The van der Waals surface area contributed by atoms with Gasteiger partial charge in [0.25, 0.3) is 5.91 Å². The first-order valence-electron chi connectivity index (χ1n) is 8.20. The van der Waals surface area contributed by atoms with Crippen molar-refractivity contribution in [1.82, 2.24) is 10.2 Å². The zero-order valence-electron chi connectivity index (χ0n) is 14.1. The van der Waals surface area contributed by atoms with Gasteiger partial charge >= 0.3 is 0 Å². The lowest BCUT2D eigenvalue weighted by atomic mass is 9.96. The zero-order chi connectivity index (χ0) is 17.1. The summed E-state index contributed by atoms with van der Waals surface area (Å²) in [5.41, 5.74) is 6.32. The van der Waals surface area contributed by atoms with Crippen LogP contribution in [0.3, 0.4) is 0 Å². The Morgan fingerprint density at radius 2 is 2.04 bits per heavy atom. The fourth-order valence-electron chi connectivity index (χ4n) is 3.06. The molecule has 8 heteroatoms. The maximum absolute atomic E-state index is 12.5. The lowest BCUT2D eigenvalue weighted by Gasteiger charge is -2.40. The van der Waals surface area contributed by atoms with Gasteiger partial charge < -0.3 is 25.4 Å². The molecule has 0 aromatic heterocycles. The Balaban J connectivity index is 0.00000225. The first-order chi connectivity index (χ1) is 11.7. The molecule has 2 aliphatic rings. The molecule has 1 aromatic carbocycles. The number of hydrogen-bond donors (Lipinski definition) is 2. The van der Waals surface area contributed by atoms with Crippen molar-refractivity contribution in [2.45, 2.75) is 31.0 Å². The van der Waals surface area contributed by atoms with Crippen LogP contribution >= 0.6 is 12.4 Å². The smallest absolute Gasteiger partial charge is 0.251 e. The maximum atomic E-state index is 12.5. The highest BCUT2D eigenvalue weighted by molar-refractivity contribution is 5.86. The van der Waals surface area contributed by atoms with Crippen LogP contribution in [0.25, 0.3) is 0 Å². The molecular weight excluding hydrogens is 346 g/mol. The molecule has 0 unspecified atom stereocenters. The molecule has 0 spiro atoms. The largest absolute Gasteiger partial charge is 0.497 e. The molecule has 25 heavy (non-hydrogen) atoms. The highest BCUT2D eigenvalue weighted by Gasteiger charge is 2.47. The van der Waals surface area contributed by atoms with Gasteiger partial charge in [-0.3, -0.25) is 9.59 Å². The van der Waals surface area contributed by atoms with E-state index in [0.717, 1.165) is 24.2 Å². The summed E-state index contributed by atoms with van der Waals surface area (Å²) in [6.45, 7) is 0.673. The van der Waals surface area contributed by atoms with Crippen molar-refractivity contribution < 1.29 is 19.1 Å². The highest BCUT2D eigenvalue weighted by Crippen LogP contribution is 2.39. The lowest BCUT2D eigenvalue weighted by Crippen LogP contribution is -2.55. The Hall–Kier alpha value is -1.83.